The van der Waals surface area contributed by atoms with Gasteiger partial charge in [-0.05, 0) is 103 Å². The molecule has 0 spiro atoms. The number of carbonyl (C=O) groups is 5. The monoisotopic (exact) mass is 907 g/mol. The fourth-order valence-electron chi connectivity index (χ4n) is 9.31. The van der Waals surface area contributed by atoms with Gasteiger partial charge in [0.1, 0.15) is 11.6 Å². The van der Waals surface area contributed by atoms with Crippen LogP contribution in [0.15, 0.2) is 48.5 Å². The van der Waals surface area contributed by atoms with Crippen molar-refractivity contribution < 1.29 is 28.7 Å². The average Bonchev–Trinajstić information content (AvgIpc) is 4.03. The normalized spacial score (nSPS) is 22.4. The summed E-state index contributed by atoms with van der Waals surface area (Å²) in [6, 6.07) is 15.4. The lowest BCUT2D eigenvalue weighted by Crippen LogP contribution is -2.55. The zero-order valence-corrected chi connectivity index (χ0v) is 39.5. The molecule has 6 saturated heterocycles. The Morgan fingerprint density at radius 2 is 1.02 bits per heavy atom. The maximum Gasteiger partial charge on any atom is 0.410 e. The lowest BCUT2D eigenvalue weighted by molar-refractivity contribution is -0.137. The number of nitrogens with one attached hydrogen (secondary N) is 1. The van der Waals surface area contributed by atoms with Crippen LogP contribution in [0.4, 0.5) is 16.2 Å². The Morgan fingerprint density at radius 1 is 0.562 bits per heavy atom. The molecule has 8 rings (SSSR count). The van der Waals surface area contributed by atoms with E-state index in [0.717, 1.165) is 95.1 Å². The van der Waals surface area contributed by atoms with Crippen LogP contribution in [0.25, 0.3) is 0 Å². The second-order valence-electron chi connectivity index (χ2n) is 18.9. The molecule has 0 radical (unpaired) electrons. The van der Waals surface area contributed by atoms with Gasteiger partial charge >= 0.3 is 6.09 Å². The van der Waals surface area contributed by atoms with Crippen molar-refractivity contribution in [3.8, 4) is 0 Å². The first-order chi connectivity index (χ1) is 30.2. The van der Waals surface area contributed by atoms with Crippen LogP contribution >= 0.6 is 12.4 Å². The van der Waals surface area contributed by atoms with Gasteiger partial charge in [-0.15, -0.1) is 12.4 Å². The summed E-state index contributed by atoms with van der Waals surface area (Å²) in [7, 11) is 4.27. The second kappa shape index (κ2) is 22.0. The summed E-state index contributed by atoms with van der Waals surface area (Å²) in [6.45, 7) is 19.3. The summed E-state index contributed by atoms with van der Waals surface area (Å²) < 4.78 is 5.50. The molecule has 0 aromatic heterocycles. The standard InChI is InChI=1S/C26H39N5O4.C21H31N5O2.ClH/c1-26(2,3)35-25(34)31-10-6-9-22(31)24(33)30-17-15-29(16-18-30)23(32)20-7-5-8-21(19-20)28-13-11-27(4)12-14-28;1-23-8-10-24(11-9-23)18-5-2-4-17(16-18)20(27)25-12-14-26(15-13-25)21(28)19-6-3-7-22-19;/h5,7-8,19,22H,6,9-18H2,1-4H3;2,4-5,16,19,22H,3,6-15H2,1H3;1H/t22-;19-;/m00./s1. The van der Waals surface area contributed by atoms with E-state index in [1.165, 1.54) is 0 Å². The Bertz CT molecular complexity index is 1910. The number of carbonyl (C=O) groups excluding carboxylic acids is 5. The minimum atomic E-state index is -0.596. The van der Waals surface area contributed by atoms with Crippen molar-refractivity contribution in [2.45, 2.75) is 64.1 Å². The third-order valence-electron chi connectivity index (χ3n) is 13.2. The van der Waals surface area contributed by atoms with E-state index in [2.05, 4.69) is 51.1 Å². The third-order valence-corrected chi connectivity index (χ3v) is 13.2. The molecule has 6 fully saturated rings. The topological polar surface area (TPSA) is 136 Å². The average molecular weight is 908 g/mol. The lowest BCUT2D eigenvalue weighted by atomic mass is 10.1. The van der Waals surface area contributed by atoms with Crippen molar-refractivity contribution in [1.82, 2.24) is 39.6 Å². The van der Waals surface area contributed by atoms with E-state index in [4.69, 9.17) is 4.74 Å². The van der Waals surface area contributed by atoms with Gasteiger partial charge in [-0.2, -0.15) is 0 Å². The number of hydrogen-bond donors (Lipinski definition) is 1. The molecule has 6 heterocycles. The first kappa shape index (κ1) is 48.8. The molecule has 6 aliphatic heterocycles. The number of amides is 5. The highest BCUT2D eigenvalue weighted by molar-refractivity contribution is 5.96. The SMILES string of the molecule is CN1CCN(c2cccc(C(=O)N3CCN(C(=O)[C@@H]4CCCN4)CC3)c2)CC1.CN1CCN(c2cccc(C(=O)N3CCN(C(=O)[C@@H]4CCCN4C(=O)OC(C)(C)C)CC3)c2)CC1.Cl. The van der Waals surface area contributed by atoms with Gasteiger partial charge < -0.3 is 49.3 Å². The molecule has 6 aliphatic rings. The fraction of sp³-hybridized carbons (Fsp3) is 0.638. The number of piperazine rings is 4. The first-order valence-electron chi connectivity index (χ1n) is 23.2. The number of anilines is 2. The van der Waals surface area contributed by atoms with E-state index in [0.29, 0.717) is 70.9 Å². The Kier molecular flexibility index (Phi) is 16.8. The largest absolute Gasteiger partial charge is 0.444 e. The van der Waals surface area contributed by atoms with Gasteiger partial charge in [0, 0.05) is 134 Å². The van der Waals surface area contributed by atoms with E-state index in [1.54, 1.807) is 9.80 Å². The quantitative estimate of drug-likeness (QED) is 0.459. The predicted molar refractivity (Wildman–Crippen MR) is 252 cm³/mol. The number of nitrogens with zero attached hydrogens (tertiary/aromatic N) is 9. The van der Waals surface area contributed by atoms with E-state index in [9.17, 15) is 24.0 Å². The number of ether oxygens (including phenoxy) is 1. The summed E-state index contributed by atoms with van der Waals surface area (Å²) in [5.41, 5.74) is 3.05. The Balaban J connectivity index is 0.000000214. The number of benzene rings is 2. The van der Waals surface area contributed by atoms with Crippen LogP contribution in [0.1, 0.15) is 67.2 Å². The molecule has 5 amide bonds. The molecule has 2 aromatic rings. The smallest absolute Gasteiger partial charge is 0.410 e. The van der Waals surface area contributed by atoms with Crippen molar-refractivity contribution in [1.29, 1.82) is 0 Å². The van der Waals surface area contributed by atoms with Gasteiger partial charge in [-0.25, -0.2) is 4.79 Å². The molecular weight excluding hydrogens is 836 g/mol. The highest BCUT2D eigenvalue weighted by Crippen LogP contribution is 2.25. The lowest BCUT2D eigenvalue weighted by Gasteiger charge is -2.37. The maximum atomic E-state index is 13.2. The van der Waals surface area contributed by atoms with Crippen LogP contribution in [0, 0.1) is 0 Å². The highest BCUT2D eigenvalue weighted by atomic mass is 35.5. The molecule has 2 aromatic carbocycles. The molecule has 0 saturated carbocycles. The summed E-state index contributed by atoms with van der Waals surface area (Å²) >= 11 is 0. The first-order valence-corrected chi connectivity index (χ1v) is 23.2. The summed E-state index contributed by atoms with van der Waals surface area (Å²) in [6.07, 6.45) is 3.01. The molecule has 352 valence electrons. The maximum absolute atomic E-state index is 13.2. The summed E-state index contributed by atoms with van der Waals surface area (Å²) in [5, 5.41) is 3.27. The van der Waals surface area contributed by atoms with Crippen molar-refractivity contribution in [3.63, 3.8) is 0 Å². The summed E-state index contributed by atoms with van der Waals surface area (Å²) in [4.78, 5) is 82.9. The Hall–Kier alpha value is -4.64. The van der Waals surface area contributed by atoms with Crippen molar-refractivity contribution in [2.75, 3.05) is 142 Å². The molecule has 16 nitrogen and oxygen atoms in total. The molecule has 17 heteroatoms. The van der Waals surface area contributed by atoms with Crippen molar-refractivity contribution in [2.24, 2.45) is 0 Å². The molecule has 0 unspecified atom stereocenters. The predicted octanol–water partition coefficient (Wildman–Crippen LogP) is 3.02. The van der Waals surface area contributed by atoms with E-state index >= 15 is 0 Å². The van der Waals surface area contributed by atoms with Crippen molar-refractivity contribution >= 4 is 53.5 Å². The van der Waals surface area contributed by atoms with Crippen molar-refractivity contribution in [3.05, 3.63) is 59.7 Å². The van der Waals surface area contributed by atoms with Gasteiger partial charge in [0.2, 0.25) is 11.8 Å². The van der Waals surface area contributed by atoms with Gasteiger partial charge in [-0.3, -0.25) is 24.1 Å². The highest BCUT2D eigenvalue weighted by Gasteiger charge is 2.40. The van der Waals surface area contributed by atoms with Gasteiger partial charge in [-0.1, -0.05) is 12.1 Å². The van der Waals surface area contributed by atoms with Crippen LogP contribution < -0.4 is 15.1 Å². The van der Waals surface area contributed by atoms with Crippen LogP contribution in [-0.2, 0) is 14.3 Å². The van der Waals surface area contributed by atoms with Crippen LogP contribution in [0.2, 0.25) is 0 Å². The number of halogens is 1. The van der Waals surface area contributed by atoms with Gasteiger partial charge in [0.25, 0.3) is 11.8 Å². The molecule has 0 bridgehead atoms. The fourth-order valence-corrected chi connectivity index (χ4v) is 9.31. The molecule has 2 atom stereocenters. The minimum Gasteiger partial charge on any atom is -0.444 e. The number of likely N-dealkylation sites (N-methyl/N-ethyl adjacent to an activating group) is 2. The number of hydrogen-bond acceptors (Lipinski definition) is 11. The molecule has 64 heavy (non-hydrogen) atoms. The third kappa shape index (κ3) is 12.4. The Labute approximate surface area is 386 Å². The Morgan fingerprint density at radius 3 is 1.45 bits per heavy atom. The zero-order chi connectivity index (χ0) is 44.7. The van der Waals surface area contributed by atoms with E-state index in [-0.39, 0.29) is 42.1 Å². The van der Waals surface area contributed by atoms with E-state index < -0.39 is 17.7 Å². The van der Waals surface area contributed by atoms with Gasteiger partial charge in [0.05, 0.1) is 6.04 Å². The summed E-state index contributed by atoms with van der Waals surface area (Å²) in [5.74, 6) is 0.227. The van der Waals surface area contributed by atoms with Crippen LogP contribution in [0.5, 0.6) is 0 Å². The number of rotatable bonds is 6. The molecule has 0 aliphatic carbocycles. The molecule has 1 N–H and O–H groups in total. The second-order valence-corrected chi connectivity index (χ2v) is 18.9. The van der Waals surface area contributed by atoms with Crippen LogP contribution in [0.3, 0.4) is 0 Å². The minimum absolute atomic E-state index is 0. The zero-order valence-electron chi connectivity index (χ0n) is 38.7. The number of likely N-dealkylation sites (tertiary alicyclic amines) is 1. The van der Waals surface area contributed by atoms with Crippen LogP contribution in [-0.4, -0.2) is 214 Å². The molecular formula is C47H71ClN10O6. The van der Waals surface area contributed by atoms with E-state index in [1.807, 2.05) is 71.9 Å². The van der Waals surface area contributed by atoms with Gasteiger partial charge in [0.15, 0.2) is 0 Å².